The second-order valence-electron chi connectivity index (χ2n) is 6.36. The first-order valence-electron chi connectivity index (χ1n) is 9.37. The highest BCUT2D eigenvalue weighted by Crippen LogP contribution is 1.88. The number of ether oxygens (including phenoxy) is 4. The van der Waals surface area contributed by atoms with E-state index in [-0.39, 0.29) is 18.6 Å². The average Bonchev–Trinajstić information content (AvgIpc) is 2.56. The third-order valence-corrected chi connectivity index (χ3v) is 3.10. The summed E-state index contributed by atoms with van der Waals surface area (Å²) < 4.78 is 21.5. The van der Waals surface area contributed by atoms with Crippen molar-refractivity contribution in [2.45, 2.75) is 52.7 Å². The van der Waals surface area contributed by atoms with Crippen molar-refractivity contribution in [2.24, 2.45) is 0 Å². The van der Waals surface area contributed by atoms with Gasteiger partial charge in [0.15, 0.2) is 0 Å². The maximum atomic E-state index is 11.4. The molecule has 0 bridgehead atoms. The summed E-state index contributed by atoms with van der Waals surface area (Å²) in [6, 6.07) is 0.526. The van der Waals surface area contributed by atoms with Gasteiger partial charge in [0.05, 0.1) is 32.5 Å². The second kappa shape index (κ2) is 18.1. The molecule has 0 rings (SSSR count). The number of hydrogen-bond acceptors (Lipinski definition) is 6. The molecule has 0 saturated carbocycles. The third-order valence-electron chi connectivity index (χ3n) is 3.10. The quantitative estimate of drug-likeness (QED) is 0.359. The van der Waals surface area contributed by atoms with Crippen molar-refractivity contribution in [2.75, 3.05) is 59.3 Å². The fraction of sp³-hybridized carbons (Fsp3) is 0.944. The molecule has 0 fully saturated rings. The lowest BCUT2D eigenvalue weighted by molar-refractivity contribution is -0.127. The normalized spacial score (nSPS) is 11.4. The number of hydrogen-bond donors (Lipinski definition) is 2. The van der Waals surface area contributed by atoms with Gasteiger partial charge in [0.2, 0.25) is 5.91 Å². The van der Waals surface area contributed by atoms with Crippen molar-refractivity contribution < 1.29 is 23.7 Å². The van der Waals surface area contributed by atoms with Crippen LogP contribution in [0.2, 0.25) is 0 Å². The summed E-state index contributed by atoms with van der Waals surface area (Å²) in [5.41, 5.74) is 0. The van der Waals surface area contributed by atoms with Crippen molar-refractivity contribution in [1.29, 1.82) is 0 Å². The third kappa shape index (κ3) is 21.2. The Morgan fingerprint density at radius 1 is 0.800 bits per heavy atom. The Morgan fingerprint density at radius 3 is 1.84 bits per heavy atom. The molecule has 0 atom stereocenters. The van der Waals surface area contributed by atoms with Crippen LogP contribution in [0.3, 0.4) is 0 Å². The van der Waals surface area contributed by atoms with E-state index in [4.69, 9.17) is 18.9 Å². The maximum absolute atomic E-state index is 11.4. The van der Waals surface area contributed by atoms with Gasteiger partial charge in [-0.3, -0.25) is 4.79 Å². The number of carbonyl (C=O) groups is 1. The lowest BCUT2D eigenvalue weighted by Gasteiger charge is -2.09. The van der Waals surface area contributed by atoms with E-state index < -0.39 is 0 Å². The van der Waals surface area contributed by atoms with Crippen LogP contribution in [0.4, 0.5) is 0 Å². The molecule has 25 heavy (non-hydrogen) atoms. The van der Waals surface area contributed by atoms with E-state index in [0.29, 0.717) is 45.6 Å². The smallest absolute Gasteiger partial charge is 0.246 e. The number of carbonyl (C=O) groups excluding carboxylic acids is 1. The van der Waals surface area contributed by atoms with Crippen molar-refractivity contribution in [3.63, 3.8) is 0 Å². The van der Waals surface area contributed by atoms with Gasteiger partial charge in [-0.25, -0.2) is 0 Å². The van der Waals surface area contributed by atoms with Crippen LogP contribution in [-0.4, -0.2) is 77.4 Å². The van der Waals surface area contributed by atoms with Gasteiger partial charge in [0.1, 0.15) is 6.61 Å². The van der Waals surface area contributed by atoms with E-state index in [2.05, 4.69) is 24.5 Å². The van der Waals surface area contributed by atoms with E-state index in [1.54, 1.807) is 0 Å². The first kappa shape index (κ1) is 24.3. The van der Waals surface area contributed by atoms with Crippen LogP contribution in [0.15, 0.2) is 0 Å². The predicted octanol–water partition coefficient (Wildman–Crippen LogP) is 1.36. The van der Waals surface area contributed by atoms with Crippen LogP contribution in [-0.2, 0) is 23.7 Å². The summed E-state index contributed by atoms with van der Waals surface area (Å²) in [6.45, 7) is 13.5. The largest absolute Gasteiger partial charge is 0.379 e. The summed E-state index contributed by atoms with van der Waals surface area (Å²) >= 11 is 0. The highest BCUT2D eigenvalue weighted by molar-refractivity contribution is 5.77. The van der Waals surface area contributed by atoms with Crippen LogP contribution in [0.25, 0.3) is 0 Å². The van der Waals surface area contributed by atoms with Crippen LogP contribution < -0.4 is 10.6 Å². The Balaban J connectivity index is 3.10. The van der Waals surface area contributed by atoms with Crippen LogP contribution in [0.1, 0.15) is 40.5 Å². The highest BCUT2D eigenvalue weighted by atomic mass is 16.5. The highest BCUT2D eigenvalue weighted by Gasteiger charge is 2.02. The average molecular weight is 363 g/mol. The molecule has 0 aliphatic rings. The van der Waals surface area contributed by atoms with Gasteiger partial charge >= 0.3 is 0 Å². The van der Waals surface area contributed by atoms with Gasteiger partial charge in [0.25, 0.3) is 0 Å². The molecule has 0 aliphatic heterocycles. The van der Waals surface area contributed by atoms with Gasteiger partial charge < -0.3 is 29.6 Å². The van der Waals surface area contributed by atoms with E-state index in [0.717, 1.165) is 26.0 Å². The Labute approximate surface area is 153 Å². The molecule has 0 aliphatic carbocycles. The zero-order chi connectivity index (χ0) is 18.8. The van der Waals surface area contributed by atoms with Crippen molar-refractivity contribution >= 4 is 5.91 Å². The SMILES string of the molecule is CC(C)NCCCOCCOCCOCCCNC(=O)COC(C)C. The summed E-state index contributed by atoms with van der Waals surface area (Å²) in [5, 5.41) is 6.13. The summed E-state index contributed by atoms with van der Waals surface area (Å²) in [5.74, 6) is -0.0861. The van der Waals surface area contributed by atoms with Gasteiger partial charge in [-0.15, -0.1) is 0 Å². The molecule has 0 aromatic carbocycles. The van der Waals surface area contributed by atoms with E-state index in [9.17, 15) is 4.79 Å². The molecule has 7 nitrogen and oxygen atoms in total. The molecule has 0 aromatic heterocycles. The topological polar surface area (TPSA) is 78.0 Å². The molecule has 0 spiro atoms. The van der Waals surface area contributed by atoms with Crippen molar-refractivity contribution in [3.8, 4) is 0 Å². The lowest BCUT2D eigenvalue weighted by atomic mass is 10.3. The second-order valence-corrected chi connectivity index (χ2v) is 6.36. The van der Waals surface area contributed by atoms with E-state index >= 15 is 0 Å². The molecule has 0 aromatic rings. The monoisotopic (exact) mass is 362 g/mol. The van der Waals surface area contributed by atoms with Crippen LogP contribution in [0, 0.1) is 0 Å². The zero-order valence-electron chi connectivity index (χ0n) is 16.5. The minimum atomic E-state index is -0.0861. The standard InChI is InChI=1S/C18H38N2O5/c1-16(2)19-7-5-9-22-11-13-24-14-12-23-10-6-8-20-18(21)15-25-17(3)4/h16-17,19H,5-15H2,1-4H3,(H,20,21). The van der Waals surface area contributed by atoms with E-state index in [1.165, 1.54) is 0 Å². The molecule has 2 N–H and O–H groups in total. The first-order valence-corrected chi connectivity index (χ1v) is 9.37. The number of rotatable bonds is 18. The molecular weight excluding hydrogens is 324 g/mol. The molecule has 150 valence electrons. The minimum Gasteiger partial charge on any atom is -0.379 e. The van der Waals surface area contributed by atoms with E-state index in [1.807, 2.05) is 13.8 Å². The van der Waals surface area contributed by atoms with Crippen molar-refractivity contribution in [1.82, 2.24) is 10.6 Å². The maximum Gasteiger partial charge on any atom is 0.246 e. The molecule has 1 amide bonds. The number of amides is 1. The Morgan fingerprint density at radius 2 is 1.32 bits per heavy atom. The molecule has 0 radical (unpaired) electrons. The Bertz CT molecular complexity index is 301. The summed E-state index contributed by atoms with van der Waals surface area (Å²) in [7, 11) is 0. The van der Waals surface area contributed by atoms with Gasteiger partial charge in [-0.05, 0) is 33.2 Å². The molecule has 0 heterocycles. The first-order chi connectivity index (χ1) is 12.0. The Hall–Kier alpha value is -0.730. The lowest BCUT2D eigenvalue weighted by Crippen LogP contribution is -2.30. The number of nitrogens with one attached hydrogen (secondary N) is 2. The summed E-state index contributed by atoms with van der Waals surface area (Å²) in [4.78, 5) is 11.4. The molecule has 7 heteroatoms. The molecule has 0 unspecified atom stereocenters. The molecule has 0 saturated heterocycles. The zero-order valence-corrected chi connectivity index (χ0v) is 16.5. The van der Waals surface area contributed by atoms with Crippen molar-refractivity contribution in [3.05, 3.63) is 0 Å². The van der Waals surface area contributed by atoms with Gasteiger partial charge in [-0.2, -0.15) is 0 Å². The fourth-order valence-corrected chi connectivity index (χ4v) is 1.80. The minimum absolute atomic E-state index is 0.0707. The van der Waals surface area contributed by atoms with Gasteiger partial charge in [0, 0.05) is 25.8 Å². The van der Waals surface area contributed by atoms with Gasteiger partial charge in [-0.1, -0.05) is 13.8 Å². The predicted molar refractivity (Wildman–Crippen MR) is 98.9 cm³/mol. The summed E-state index contributed by atoms with van der Waals surface area (Å²) in [6.07, 6.45) is 1.86. The fourth-order valence-electron chi connectivity index (χ4n) is 1.80. The van der Waals surface area contributed by atoms with Crippen LogP contribution in [0.5, 0.6) is 0 Å². The Kier molecular flexibility index (Phi) is 17.5. The van der Waals surface area contributed by atoms with Crippen LogP contribution >= 0.6 is 0 Å². The molecular formula is C18H38N2O5.